The van der Waals surface area contributed by atoms with E-state index >= 15 is 0 Å². The minimum absolute atomic E-state index is 0.318. The van der Waals surface area contributed by atoms with Gasteiger partial charge in [-0.2, -0.15) is 0 Å². The van der Waals surface area contributed by atoms with Gasteiger partial charge in [-0.1, -0.05) is 0 Å². The second-order valence-corrected chi connectivity index (χ2v) is 4.77. The number of rotatable bonds is 4. The first kappa shape index (κ1) is 12.6. The zero-order valence-electron chi connectivity index (χ0n) is 8.92. The Morgan fingerprint density at radius 1 is 1.41 bits per heavy atom. The molecule has 0 atom stereocenters. The van der Waals surface area contributed by atoms with E-state index in [9.17, 15) is 4.39 Å². The first-order valence-corrected chi connectivity index (χ1v) is 6.49. The van der Waals surface area contributed by atoms with Crippen LogP contribution in [0.1, 0.15) is 12.3 Å². The van der Waals surface area contributed by atoms with Crippen molar-refractivity contribution >= 4 is 27.5 Å². The van der Waals surface area contributed by atoms with Gasteiger partial charge in [0.2, 0.25) is 0 Å². The molecular formula is C12H10BrClFNO. The molecule has 0 radical (unpaired) electrons. The van der Waals surface area contributed by atoms with Gasteiger partial charge in [0.1, 0.15) is 5.82 Å². The van der Waals surface area contributed by atoms with Crippen LogP contribution in [0.4, 0.5) is 4.39 Å². The van der Waals surface area contributed by atoms with Crippen LogP contribution in [-0.4, -0.2) is 10.9 Å². The third-order valence-electron chi connectivity index (χ3n) is 2.28. The van der Waals surface area contributed by atoms with Gasteiger partial charge in [-0.15, -0.1) is 11.6 Å². The van der Waals surface area contributed by atoms with Crippen molar-refractivity contribution in [3.05, 3.63) is 40.6 Å². The average Bonchev–Trinajstić information content (AvgIpc) is 2.79. The van der Waals surface area contributed by atoms with E-state index in [-0.39, 0.29) is 5.82 Å². The van der Waals surface area contributed by atoms with Crippen molar-refractivity contribution in [1.29, 1.82) is 0 Å². The highest BCUT2D eigenvalue weighted by molar-refractivity contribution is 9.10. The molecule has 17 heavy (non-hydrogen) atoms. The molecule has 2 rings (SSSR count). The van der Waals surface area contributed by atoms with E-state index < -0.39 is 0 Å². The Morgan fingerprint density at radius 2 is 2.24 bits per heavy atom. The SMILES string of the molecule is Fc1cc(-c2cnc(CCCCl)o2)ccc1Br. The number of hydrogen-bond acceptors (Lipinski definition) is 2. The van der Waals surface area contributed by atoms with Crippen LogP contribution in [0.2, 0.25) is 0 Å². The number of benzene rings is 1. The number of halogens is 3. The molecule has 0 spiro atoms. The van der Waals surface area contributed by atoms with Crippen LogP contribution in [0.3, 0.4) is 0 Å². The zero-order valence-corrected chi connectivity index (χ0v) is 11.3. The zero-order chi connectivity index (χ0) is 12.3. The van der Waals surface area contributed by atoms with E-state index in [1.807, 2.05) is 0 Å². The largest absolute Gasteiger partial charge is 0.441 e. The maximum absolute atomic E-state index is 13.3. The molecule has 0 fully saturated rings. The minimum atomic E-state index is -0.318. The van der Waals surface area contributed by atoms with Gasteiger partial charge in [0.05, 0.1) is 10.7 Å². The Balaban J connectivity index is 2.21. The van der Waals surface area contributed by atoms with Gasteiger partial charge in [-0.05, 0) is 40.5 Å². The van der Waals surface area contributed by atoms with Gasteiger partial charge in [0.15, 0.2) is 11.7 Å². The van der Waals surface area contributed by atoms with Crippen molar-refractivity contribution in [2.24, 2.45) is 0 Å². The summed E-state index contributed by atoms with van der Waals surface area (Å²) >= 11 is 8.69. The van der Waals surface area contributed by atoms with E-state index in [0.29, 0.717) is 34.0 Å². The molecule has 0 aliphatic carbocycles. The van der Waals surface area contributed by atoms with E-state index in [1.165, 1.54) is 6.07 Å². The lowest BCUT2D eigenvalue weighted by Crippen LogP contribution is -1.84. The molecule has 2 aromatic rings. The maximum atomic E-state index is 13.3. The number of aryl methyl sites for hydroxylation is 1. The summed E-state index contributed by atoms with van der Waals surface area (Å²) in [6.07, 6.45) is 3.12. The molecule has 1 aromatic carbocycles. The molecule has 0 N–H and O–H groups in total. The fourth-order valence-corrected chi connectivity index (χ4v) is 1.81. The monoisotopic (exact) mass is 317 g/mol. The number of oxazole rings is 1. The van der Waals surface area contributed by atoms with Crippen molar-refractivity contribution in [3.8, 4) is 11.3 Å². The quantitative estimate of drug-likeness (QED) is 0.780. The van der Waals surface area contributed by atoms with E-state index in [2.05, 4.69) is 20.9 Å². The van der Waals surface area contributed by atoms with Gasteiger partial charge >= 0.3 is 0 Å². The van der Waals surface area contributed by atoms with Gasteiger partial charge in [-0.25, -0.2) is 9.37 Å². The highest BCUT2D eigenvalue weighted by Crippen LogP contribution is 2.25. The predicted octanol–water partition coefficient (Wildman–Crippen LogP) is 4.41. The first-order valence-electron chi connectivity index (χ1n) is 5.17. The van der Waals surface area contributed by atoms with Crippen LogP contribution in [0.15, 0.2) is 33.3 Å². The summed E-state index contributed by atoms with van der Waals surface area (Å²) in [4.78, 5) is 4.12. The molecule has 5 heteroatoms. The Kier molecular flexibility index (Phi) is 4.18. The standard InChI is InChI=1S/C12H10BrClFNO/c13-9-4-3-8(6-10(9)15)11-7-16-12(17-11)2-1-5-14/h3-4,6-7H,1-2,5H2. The average molecular weight is 319 g/mol. The molecule has 0 unspecified atom stereocenters. The van der Waals surface area contributed by atoms with E-state index in [0.717, 1.165) is 6.42 Å². The van der Waals surface area contributed by atoms with Crippen molar-refractivity contribution in [1.82, 2.24) is 4.98 Å². The van der Waals surface area contributed by atoms with Crippen LogP contribution in [0.5, 0.6) is 0 Å². The molecule has 2 nitrogen and oxygen atoms in total. The summed E-state index contributed by atoms with van der Waals surface area (Å²) < 4.78 is 19.3. The maximum Gasteiger partial charge on any atom is 0.194 e. The summed E-state index contributed by atoms with van der Waals surface area (Å²) in [5.74, 6) is 1.45. The van der Waals surface area contributed by atoms with Crippen molar-refractivity contribution in [2.45, 2.75) is 12.8 Å². The summed E-state index contributed by atoms with van der Waals surface area (Å²) in [5, 5.41) is 0. The predicted molar refractivity (Wildman–Crippen MR) is 68.6 cm³/mol. The summed E-state index contributed by atoms with van der Waals surface area (Å²) in [6.45, 7) is 0. The molecule has 90 valence electrons. The molecule has 0 aliphatic rings. The smallest absolute Gasteiger partial charge is 0.194 e. The van der Waals surface area contributed by atoms with Crippen LogP contribution in [0, 0.1) is 5.82 Å². The van der Waals surface area contributed by atoms with Crippen molar-refractivity contribution < 1.29 is 8.81 Å². The number of nitrogens with zero attached hydrogens (tertiary/aromatic N) is 1. The van der Waals surface area contributed by atoms with Crippen LogP contribution in [0.25, 0.3) is 11.3 Å². The molecule has 1 heterocycles. The lowest BCUT2D eigenvalue weighted by molar-refractivity contribution is 0.503. The van der Waals surface area contributed by atoms with Crippen molar-refractivity contribution in [3.63, 3.8) is 0 Å². The minimum Gasteiger partial charge on any atom is -0.441 e. The lowest BCUT2D eigenvalue weighted by Gasteiger charge is -1.98. The Morgan fingerprint density at radius 3 is 2.94 bits per heavy atom. The highest BCUT2D eigenvalue weighted by Gasteiger charge is 2.08. The molecule has 0 saturated heterocycles. The topological polar surface area (TPSA) is 26.0 Å². The third-order valence-corrected chi connectivity index (χ3v) is 3.19. The molecule has 0 bridgehead atoms. The van der Waals surface area contributed by atoms with Crippen molar-refractivity contribution in [2.75, 3.05) is 5.88 Å². The number of aromatic nitrogens is 1. The Labute approximate surface area is 112 Å². The molecular weight excluding hydrogens is 308 g/mol. The summed E-state index contributed by atoms with van der Waals surface area (Å²) in [7, 11) is 0. The molecule has 1 aromatic heterocycles. The summed E-state index contributed by atoms with van der Waals surface area (Å²) in [5.41, 5.74) is 0.676. The fraction of sp³-hybridized carbons (Fsp3) is 0.250. The van der Waals surface area contributed by atoms with Gasteiger partial charge in [-0.3, -0.25) is 0 Å². The molecule has 0 amide bonds. The number of hydrogen-bond donors (Lipinski definition) is 0. The van der Waals surface area contributed by atoms with E-state index in [4.69, 9.17) is 16.0 Å². The van der Waals surface area contributed by atoms with Gasteiger partial charge in [0, 0.05) is 17.9 Å². The summed E-state index contributed by atoms with van der Waals surface area (Å²) in [6, 6.07) is 4.83. The fourth-order valence-electron chi connectivity index (χ4n) is 1.43. The lowest BCUT2D eigenvalue weighted by atomic mass is 10.2. The Hall–Kier alpha value is -0.870. The third kappa shape index (κ3) is 3.07. The van der Waals surface area contributed by atoms with E-state index in [1.54, 1.807) is 18.3 Å². The highest BCUT2D eigenvalue weighted by atomic mass is 79.9. The van der Waals surface area contributed by atoms with Crippen LogP contribution in [-0.2, 0) is 6.42 Å². The van der Waals surface area contributed by atoms with Crippen LogP contribution < -0.4 is 0 Å². The van der Waals surface area contributed by atoms with Crippen LogP contribution >= 0.6 is 27.5 Å². The molecule has 0 saturated carbocycles. The van der Waals surface area contributed by atoms with Gasteiger partial charge in [0.25, 0.3) is 0 Å². The second-order valence-electron chi connectivity index (χ2n) is 3.54. The van der Waals surface area contributed by atoms with Gasteiger partial charge < -0.3 is 4.42 Å². The Bertz CT molecular complexity index is 515. The normalized spacial score (nSPS) is 10.8. The number of alkyl halides is 1. The molecule has 0 aliphatic heterocycles. The second kappa shape index (κ2) is 5.65. The first-order chi connectivity index (χ1) is 8.20.